The molecule has 1 aliphatic carbocycles. The normalized spacial score (nSPS) is 13.2. The Morgan fingerprint density at radius 1 is 0.519 bits per heavy atom. The van der Waals surface area contributed by atoms with Crippen molar-refractivity contribution < 1.29 is 0 Å². The Hall–Kier alpha value is -6.36. The van der Waals surface area contributed by atoms with E-state index in [9.17, 15) is 0 Å². The first-order valence-electron chi connectivity index (χ1n) is 18.6. The first kappa shape index (κ1) is 31.2. The molecule has 0 bridgehead atoms. The zero-order valence-electron chi connectivity index (χ0n) is 30.3. The lowest BCUT2D eigenvalue weighted by Crippen LogP contribution is -2.16. The van der Waals surface area contributed by atoms with Gasteiger partial charge < -0.3 is 4.57 Å². The van der Waals surface area contributed by atoms with Gasteiger partial charge in [0.2, 0.25) is 0 Å². The van der Waals surface area contributed by atoms with Gasteiger partial charge in [0.15, 0.2) is 5.82 Å². The number of hydrogen-bond acceptors (Lipinski definition) is 3. The van der Waals surface area contributed by atoms with Crippen LogP contribution >= 0.6 is 11.3 Å². The third-order valence-corrected chi connectivity index (χ3v) is 12.7. The van der Waals surface area contributed by atoms with E-state index in [4.69, 9.17) is 9.97 Å². The molecule has 3 heterocycles. The summed E-state index contributed by atoms with van der Waals surface area (Å²) in [7, 11) is 0. The Balaban J connectivity index is 1.10. The fourth-order valence-electron chi connectivity index (χ4n) is 9.02. The minimum atomic E-state index is -0.129. The Labute approximate surface area is 317 Å². The highest BCUT2D eigenvalue weighted by Crippen LogP contribution is 2.53. The molecule has 7 aromatic carbocycles. The predicted molar refractivity (Wildman–Crippen MR) is 228 cm³/mol. The van der Waals surface area contributed by atoms with Gasteiger partial charge in [-0.1, -0.05) is 147 Å². The summed E-state index contributed by atoms with van der Waals surface area (Å²) in [5.74, 6) is 0.736. The van der Waals surface area contributed by atoms with Gasteiger partial charge in [-0.3, -0.25) is 0 Å². The molecule has 0 amide bonds. The summed E-state index contributed by atoms with van der Waals surface area (Å²) >= 11 is 1.86. The van der Waals surface area contributed by atoms with Crippen molar-refractivity contribution in [2.45, 2.75) is 26.2 Å². The maximum absolute atomic E-state index is 5.21. The lowest BCUT2D eigenvalue weighted by Gasteiger charge is -2.23. The van der Waals surface area contributed by atoms with Gasteiger partial charge in [-0.25, -0.2) is 9.97 Å². The topological polar surface area (TPSA) is 30.7 Å². The monoisotopic (exact) mass is 709 g/mol. The Morgan fingerprint density at radius 2 is 1.15 bits per heavy atom. The van der Waals surface area contributed by atoms with Crippen LogP contribution in [0, 0.1) is 6.92 Å². The van der Waals surface area contributed by atoms with Crippen LogP contribution in [0.1, 0.15) is 30.5 Å². The van der Waals surface area contributed by atoms with E-state index in [0.29, 0.717) is 0 Å². The second-order valence-corrected chi connectivity index (χ2v) is 16.1. The third-order valence-electron chi connectivity index (χ3n) is 11.6. The summed E-state index contributed by atoms with van der Waals surface area (Å²) in [5, 5.41) is 5.13. The molecule has 0 fully saturated rings. The Bertz CT molecular complexity index is 3130. The van der Waals surface area contributed by atoms with Gasteiger partial charge in [0.1, 0.15) is 0 Å². The van der Waals surface area contributed by atoms with Gasteiger partial charge in [-0.05, 0) is 53.4 Å². The second-order valence-electron chi connectivity index (χ2n) is 15.0. The standard InChI is InChI=1S/C50H35N3S/c1-30-46(31-14-6-4-7-15-31)51-49(32-16-8-5-9-17-32)52-47(30)33-22-24-37-38-25-23-34(29-44(38)54-43(37)28-33)53-42-21-13-11-19-36(42)40-27-26-39-35-18-10-12-20-41(35)50(2,3)45(39)48(40)53/h4-29H,1-3H3. The largest absolute Gasteiger partial charge is 0.309 e. The first-order chi connectivity index (χ1) is 26.5. The van der Waals surface area contributed by atoms with Crippen LogP contribution in [0.3, 0.4) is 0 Å². The van der Waals surface area contributed by atoms with Gasteiger partial charge in [-0.2, -0.15) is 0 Å². The number of hydrogen-bond donors (Lipinski definition) is 0. The predicted octanol–water partition coefficient (Wildman–Crippen LogP) is 13.6. The van der Waals surface area contributed by atoms with Gasteiger partial charge in [0.05, 0.1) is 22.4 Å². The number of benzene rings is 7. The molecule has 54 heavy (non-hydrogen) atoms. The molecule has 11 rings (SSSR count). The highest BCUT2D eigenvalue weighted by atomic mass is 32.1. The lowest BCUT2D eigenvalue weighted by molar-refractivity contribution is 0.664. The van der Waals surface area contributed by atoms with Crippen LogP contribution in [0.25, 0.3) is 92.7 Å². The van der Waals surface area contributed by atoms with Crippen molar-refractivity contribution in [3.63, 3.8) is 0 Å². The molecule has 0 saturated carbocycles. The maximum Gasteiger partial charge on any atom is 0.160 e. The zero-order chi connectivity index (χ0) is 36.1. The minimum absolute atomic E-state index is 0.129. The van der Waals surface area contributed by atoms with Crippen LogP contribution in [0.5, 0.6) is 0 Å². The number of thiophene rings is 1. The van der Waals surface area contributed by atoms with E-state index in [1.807, 2.05) is 35.6 Å². The van der Waals surface area contributed by atoms with E-state index in [1.165, 1.54) is 69.9 Å². The van der Waals surface area contributed by atoms with Crippen molar-refractivity contribution in [2.24, 2.45) is 0 Å². The summed E-state index contributed by atoms with van der Waals surface area (Å²) in [6.45, 7) is 6.92. The summed E-state index contributed by atoms with van der Waals surface area (Å²) in [4.78, 5) is 10.3. The molecule has 0 radical (unpaired) electrons. The van der Waals surface area contributed by atoms with E-state index in [1.54, 1.807) is 0 Å². The molecule has 0 unspecified atom stereocenters. The molecule has 1 aliphatic rings. The van der Waals surface area contributed by atoms with E-state index in [2.05, 4.69) is 159 Å². The maximum atomic E-state index is 5.21. The van der Waals surface area contributed by atoms with Gasteiger partial charge >= 0.3 is 0 Å². The highest BCUT2D eigenvalue weighted by Gasteiger charge is 2.38. The molecule has 10 aromatic rings. The van der Waals surface area contributed by atoms with Crippen LogP contribution in [0.4, 0.5) is 0 Å². The quantitative estimate of drug-likeness (QED) is 0.182. The average molecular weight is 710 g/mol. The average Bonchev–Trinajstić information content (AvgIpc) is 3.83. The second kappa shape index (κ2) is 11.6. The number of aromatic nitrogens is 3. The van der Waals surface area contributed by atoms with E-state index < -0.39 is 0 Å². The molecule has 3 nitrogen and oxygen atoms in total. The van der Waals surface area contributed by atoms with Gasteiger partial charge in [-0.15, -0.1) is 11.3 Å². The lowest BCUT2D eigenvalue weighted by atomic mass is 9.81. The molecular formula is C50H35N3S. The van der Waals surface area contributed by atoms with Crippen molar-refractivity contribution in [1.29, 1.82) is 0 Å². The number of fused-ring (bicyclic) bond motifs is 10. The van der Waals surface area contributed by atoms with Crippen molar-refractivity contribution in [1.82, 2.24) is 14.5 Å². The Kier molecular flexibility index (Phi) is 6.68. The molecule has 0 saturated heterocycles. The van der Waals surface area contributed by atoms with Crippen molar-refractivity contribution in [2.75, 3.05) is 0 Å². The fraction of sp³-hybridized carbons (Fsp3) is 0.0800. The van der Waals surface area contributed by atoms with Crippen LogP contribution in [-0.2, 0) is 5.41 Å². The fourth-order valence-corrected chi connectivity index (χ4v) is 10.2. The molecule has 4 heteroatoms. The molecule has 256 valence electrons. The van der Waals surface area contributed by atoms with Crippen molar-refractivity contribution in [3.8, 4) is 50.7 Å². The van der Waals surface area contributed by atoms with Crippen molar-refractivity contribution >= 4 is 53.3 Å². The van der Waals surface area contributed by atoms with Crippen LogP contribution in [-0.4, -0.2) is 14.5 Å². The molecule has 0 spiro atoms. The molecule has 0 atom stereocenters. The minimum Gasteiger partial charge on any atom is -0.309 e. The van der Waals surface area contributed by atoms with Crippen molar-refractivity contribution in [3.05, 3.63) is 174 Å². The summed E-state index contributed by atoms with van der Waals surface area (Å²) in [6.07, 6.45) is 0. The van der Waals surface area contributed by atoms with Crippen LogP contribution in [0.2, 0.25) is 0 Å². The van der Waals surface area contributed by atoms with Gasteiger partial charge in [0.25, 0.3) is 0 Å². The van der Waals surface area contributed by atoms with E-state index >= 15 is 0 Å². The number of para-hydroxylation sites is 1. The molecule has 3 aromatic heterocycles. The summed E-state index contributed by atoms with van der Waals surface area (Å²) < 4.78 is 5.04. The smallest absolute Gasteiger partial charge is 0.160 e. The molecular weight excluding hydrogens is 675 g/mol. The molecule has 0 N–H and O–H groups in total. The summed E-state index contributed by atoms with van der Waals surface area (Å²) in [6, 6.07) is 57.1. The van der Waals surface area contributed by atoms with Gasteiger partial charge in [0, 0.05) is 64.3 Å². The number of rotatable bonds is 4. The first-order valence-corrected chi connectivity index (χ1v) is 19.4. The Morgan fingerprint density at radius 3 is 1.94 bits per heavy atom. The van der Waals surface area contributed by atoms with Crippen LogP contribution < -0.4 is 0 Å². The molecule has 0 aliphatic heterocycles. The third kappa shape index (κ3) is 4.47. The SMILES string of the molecule is Cc1c(-c2ccccc2)nc(-c2ccccc2)nc1-c1ccc2c(c1)sc1cc(-n3c4ccccc4c4ccc5c(c43)C(C)(C)c3ccccc3-5)ccc12. The number of nitrogens with zero attached hydrogens (tertiary/aromatic N) is 3. The van der Waals surface area contributed by atoms with E-state index in [-0.39, 0.29) is 5.41 Å². The van der Waals surface area contributed by atoms with E-state index in [0.717, 1.165) is 39.5 Å². The zero-order valence-corrected chi connectivity index (χ0v) is 31.1. The summed E-state index contributed by atoms with van der Waals surface area (Å²) in [5.41, 5.74) is 15.3. The highest BCUT2D eigenvalue weighted by molar-refractivity contribution is 7.25. The van der Waals surface area contributed by atoms with Crippen LogP contribution in [0.15, 0.2) is 158 Å².